The van der Waals surface area contributed by atoms with Gasteiger partial charge in [0.1, 0.15) is 11.6 Å². The molecule has 0 aliphatic carbocycles. The molecule has 8 nitrogen and oxygen atoms in total. The van der Waals surface area contributed by atoms with Crippen molar-refractivity contribution in [2.24, 2.45) is 5.73 Å². The Kier molecular flexibility index (Phi) is 9.82. The lowest BCUT2D eigenvalue weighted by atomic mass is 9.92. The van der Waals surface area contributed by atoms with E-state index in [1.54, 1.807) is 25.9 Å². The van der Waals surface area contributed by atoms with Crippen molar-refractivity contribution in [3.05, 3.63) is 12.7 Å². The maximum Gasteiger partial charge on any atom is 0.324 e. The van der Waals surface area contributed by atoms with Crippen LogP contribution in [0.5, 0.6) is 0 Å². The molecule has 8 heteroatoms. The summed E-state index contributed by atoms with van der Waals surface area (Å²) in [7, 11) is 3.47. The molecule has 2 unspecified atom stereocenters. The molecule has 0 aromatic heterocycles. The van der Waals surface area contributed by atoms with E-state index in [0.29, 0.717) is 0 Å². The van der Waals surface area contributed by atoms with Crippen LogP contribution in [-0.2, 0) is 9.59 Å². The fraction of sp³-hybridized carbons (Fsp3) is 0.667. The van der Waals surface area contributed by atoms with E-state index in [0.717, 1.165) is 0 Å². The first-order chi connectivity index (χ1) is 8.97. The quantitative estimate of drug-likeness (QED) is 0.299. The predicted octanol–water partition coefficient (Wildman–Crippen LogP) is -0.933. The summed E-state index contributed by atoms with van der Waals surface area (Å²) < 4.78 is 0. The summed E-state index contributed by atoms with van der Waals surface area (Å²) in [6.45, 7) is 4.97. The van der Waals surface area contributed by atoms with Crippen LogP contribution in [-0.4, -0.2) is 69.2 Å². The van der Waals surface area contributed by atoms with E-state index in [2.05, 4.69) is 6.58 Å². The number of rotatable bonds is 7. The summed E-state index contributed by atoms with van der Waals surface area (Å²) in [5.41, 5.74) is 3.73. The smallest absolute Gasteiger partial charge is 0.324 e. The molecule has 0 bridgehead atoms. The van der Waals surface area contributed by atoms with Crippen LogP contribution in [0.1, 0.15) is 19.8 Å². The second-order valence-electron chi connectivity index (χ2n) is 4.62. The van der Waals surface area contributed by atoms with Gasteiger partial charge in [0, 0.05) is 6.42 Å². The fourth-order valence-corrected chi connectivity index (χ4v) is 1.06. The van der Waals surface area contributed by atoms with Crippen LogP contribution in [0.2, 0.25) is 0 Å². The number of aliphatic hydroxyl groups is 2. The topological polar surface area (TPSA) is 144 Å². The molecule has 0 radical (unpaired) electrons. The van der Waals surface area contributed by atoms with Crippen molar-refractivity contribution >= 4 is 11.9 Å². The molecule has 20 heavy (non-hydrogen) atoms. The van der Waals surface area contributed by atoms with Gasteiger partial charge in [0.15, 0.2) is 6.29 Å². The largest absolute Gasteiger partial charge is 0.480 e. The number of likely N-dealkylation sites (N-methyl/N-ethyl adjacent to an activating group) is 1. The van der Waals surface area contributed by atoms with E-state index >= 15 is 0 Å². The summed E-state index contributed by atoms with van der Waals surface area (Å²) in [6.07, 6.45) is -0.795. The first kappa shape index (κ1) is 20.8. The highest BCUT2D eigenvalue weighted by molar-refractivity contribution is 5.78. The monoisotopic (exact) mass is 292 g/mol. The van der Waals surface area contributed by atoms with Gasteiger partial charge in [-0.1, -0.05) is 6.08 Å². The summed E-state index contributed by atoms with van der Waals surface area (Å²) in [5, 5.41) is 34.0. The third kappa shape index (κ3) is 8.59. The number of nitrogens with zero attached hydrogens (tertiary/aromatic N) is 1. The molecule has 0 amide bonds. The summed E-state index contributed by atoms with van der Waals surface area (Å²) >= 11 is 0. The molecule has 118 valence electrons. The van der Waals surface area contributed by atoms with Gasteiger partial charge in [0.2, 0.25) is 0 Å². The Balaban J connectivity index is 0. The maximum atomic E-state index is 10.6. The minimum atomic E-state index is -1.72. The zero-order valence-electron chi connectivity index (χ0n) is 12.0. The van der Waals surface area contributed by atoms with Gasteiger partial charge in [-0.15, -0.1) is 6.58 Å². The minimum absolute atomic E-state index is 0.0000463. The van der Waals surface area contributed by atoms with E-state index < -0.39 is 30.2 Å². The number of carboxylic acid groups (broad SMARTS) is 2. The van der Waals surface area contributed by atoms with E-state index in [-0.39, 0.29) is 12.5 Å². The second kappa shape index (κ2) is 9.43. The highest BCUT2D eigenvalue weighted by Crippen LogP contribution is 2.14. The zero-order chi connectivity index (χ0) is 16.5. The maximum absolute atomic E-state index is 10.6. The highest BCUT2D eigenvalue weighted by atomic mass is 16.5. The normalized spacial score (nSPS) is 15.0. The standard InChI is InChI=1S/C7H13NO4.C5H11NO2/c1-2-3-7(8,6(11)12)4-5(9)10;1-4(5(7)8)6(2)3/h2,5,9-10H,1,3-4,8H2,(H,11,12);4H,1-3H3,(H,7,8). The number of carboxylic acids is 2. The van der Waals surface area contributed by atoms with Crippen molar-refractivity contribution in [3.8, 4) is 0 Å². The lowest BCUT2D eigenvalue weighted by molar-refractivity contribution is -0.148. The molecule has 0 heterocycles. The van der Waals surface area contributed by atoms with Crippen LogP contribution in [0.25, 0.3) is 0 Å². The van der Waals surface area contributed by atoms with Gasteiger partial charge in [0.25, 0.3) is 0 Å². The fourth-order valence-electron chi connectivity index (χ4n) is 1.06. The molecule has 0 aromatic carbocycles. The Bertz CT molecular complexity index is 332. The summed E-state index contributed by atoms with van der Waals surface area (Å²) in [4.78, 5) is 22.3. The molecule has 0 aliphatic heterocycles. The Morgan fingerprint density at radius 1 is 1.35 bits per heavy atom. The number of nitrogens with two attached hydrogens (primary N) is 1. The zero-order valence-corrected chi connectivity index (χ0v) is 12.0. The van der Waals surface area contributed by atoms with Crippen LogP contribution in [0.15, 0.2) is 12.7 Å². The van der Waals surface area contributed by atoms with Crippen LogP contribution < -0.4 is 5.73 Å². The average molecular weight is 292 g/mol. The molecular formula is C12H24N2O6. The Hall–Kier alpha value is -1.48. The molecule has 0 aromatic rings. The van der Waals surface area contributed by atoms with Crippen molar-refractivity contribution in [2.45, 2.75) is 37.6 Å². The van der Waals surface area contributed by atoms with Gasteiger partial charge in [0.05, 0.1) is 0 Å². The van der Waals surface area contributed by atoms with Gasteiger partial charge in [-0.25, -0.2) is 0 Å². The van der Waals surface area contributed by atoms with Crippen molar-refractivity contribution in [3.63, 3.8) is 0 Å². The molecule has 0 saturated carbocycles. The van der Waals surface area contributed by atoms with E-state index in [9.17, 15) is 9.59 Å². The van der Waals surface area contributed by atoms with E-state index in [4.69, 9.17) is 26.2 Å². The molecule has 6 N–H and O–H groups in total. The number of hydrogen-bond acceptors (Lipinski definition) is 6. The number of hydrogen-bond donors (Lipinski definition) is 5. The van der Waals surface area contributed by atoms with Crippen molar-refractivity contribution in [1.29, 1.82) is 0 Å². The molecule has 0 saturated heterocycles. The lowest BCUT2D eigenvalue weighted by Gasteiger charge is -2.23. The first-order valence-electron chi connectivity index (χ1n) is 5.86. The molecule has 2 atom stereocenters. The number of aliphatic hydroxyl groups excluding tert-OH is 1. The molecular weight excluding hydrogens is 268 g/mol. The van der Waals surface area contributed by atoms with Gasteiger partial charge in [-0.3, -0.25) is 14.5 Å². The van der Waals surface area contributed by atoms with Gasteiger partial charge >= 0.3 is 11.9 Å². The third-order valence-electron chi connectivity index (χ3n) is 2.61. The van der Waals surface area contributed by atoms with E-state index in [1.807, 2.05) is 0 Å². The van der Waals surface area contributed by atoms with Gasteiger partial charge in [-0.2, -0.15) is 0 Å². The van der Waals surface area contributed by atoms with Crippen molar-refractivity contribution in [2.75, 3.05) is 14.1 Å². The van der Waals surface area contributed by atoms with Crippen LogP contribution >= 0.6 is 0 Å². The average Bonchev–Trinajstić information content (AvgIpc) is 2.27. The van der Waals surface area contributed by atoms with Crippen LogP contribution in [0.4, 0.5) is 0 Å². The predicted molar refractivity (Wildman–Crippen MR) is 73.0 cm³/mol. The number of carbonyl (C=O) groups is 2. The lowest BCUT2D eigenvalue weighted by Crippen LogP contribution is -2.49. The Morgan fingerprint density at radius 3 is 1.95 bits per heavy atom. The second-order valence-corrected chi connectivity index (χ2v) is 4.62. The Labute approximate surface area is 118 Å². The SMILES string of the molecule is C=CCC(N)(CC(O)O)C(=O)O.CC(C(=O)O)N(C)C. The molecule has 0 aliphatic rings. The summed E-state index contributed by atoms with van der Waals surface area (Å²) in [5.74, 6) is -2.05. The van der Waals surface area contributed by atoms with Crippen molar-refractivity contribution < 1.29 is 30.0 Å². The van der Waals surface area contributed by atoms with Crippen molar-refractivity contribution in [1.82, 2.24) is 4.90 Å². The molecule has 0 fully saturated rings. The summed E-state index contributed by atoms with van der Waals surface area (Å²) in [6, 6.07) is -0.380. The van der Waals surface area contributed by atoms with Crippen LogP contribution in [0.3, 0.4) is 0 Å². The van der Waals surface area contributed by atoms with Crippen LogP contribution in [0, 0.1) is 0 Å². The highest BCUT2D eigenvalue weighted by Gasteiger charge is 2.34. The number of aliphatic carboxylic acids is 2. The molecule has 0 spiro atoms. The van der Waals surface area contributed by atoms with Gasteiger partial charge < -0.3 is 26.2 Å². The molecule has 0 rings (SSSR count). The first-order valence-corrected chi connectivity index (χ1v) is 5.86. The van der Waals surface area contributed by atoms with Gasteiger partial charge in [-0.05, 0) is 27.4 Å². The Morgan fingerprint density at radius 2 is 1.80 bits per heavy atom. The third-order valence-corrected chi connectivity index (χ3v) is 2.61. The van der Waals surface area contributed by atoms with E-state index in [1.165, 1.54) is 6.08 Å². The minimum Gasteiger partial charge on any atom is -0.480 e.